The van der Waals surface area contributed by atoms with E-state index in [4.69, 9.17) is 5.73 Å². The van der Waals surface area contributed by atoms with E-state index in [1.807, 2.05) is 0 Å². The maximum Gasteiger partial charge on any atom is 0.403 e. The third kappa shape index (κ3) is 6.44. The Hall–Kier alpha value is 0.0400. The van der Waals surface area contributed by atoms with Gasteiger partial charge in [-0.3, -0.25) is 0 Å². The van der Waals surface area contributed by atoms with Gasteiger partial charge < -0.3 is 5.73 Å². The Balaban J connectivity index is 0. The lowest BCUT2D eigenvalue weighted by Gasteiger charge is -2.16. The highest BCUT2D eigenvalue weighted by Crippen LogP contribution is 2.22. The summed E-state index contributed by atoms with van der Waals surface area (Å²) in [7, 11) is 0. The summed E-state index contributed by atoms with van der Waals surface area (Å²) in [4.78, 5) is 0. The highest BCUT2D eigenvalue weighted by Gasteiger charge is 2.36. The number of hydrogen-bond acceptors (Lipinski definition) is 1. The van der Waals surface area contributed by atoms with Crippen LogP contribution in [0.4, 0.5) is 13.2 Å². The summed E-state index contributed by atoms with van der Waals surface area (Å²) < 4.78 is 35.1. The van der Waals surface area contributed by atoms with Gasteiger partial charge in [0.15, 0.2) is 0 Å². The average Bonchev–Trinajstić information content (AvgIpc) is 1.60. The van der Waals surface area contributed by atoms with E-state index in [0.29, 0.717) is 0 Å². The van der Waals surface area contributed by atoms with Gasteiger partial charge in [0.25, 0.3) is 0 Å². The molecule has 0 aliphatic heterocycles. The van der Waals surface area contributed by atoms with Gasteiger partial charge in [-0.15, -0.1) is 12.4 Å². The number of rotatable bonds is 2. The first-order valence-electron chi connectivity index (χ1n) is 3.16. The predicted molar refractivity (Wildman–Crippen MR) is 40.7 cm³/mol. The SMILES string of the molecule is CC(C)C[C@H](N)C(F)(F)F.Cl. The van der Waals surface area contributed by atoms with Crippen molar-refractivity contribution in [3.05, 3.63) is 0 Å². The maximum absolute atomic E-state index is 11.7. The third-order valence-electron chi connectivity index (χ3n) is 1.15. The highest BCUT2D eigenvalue weighted by molar-refractivity contribution is 5.85. The summed E-state index contributed by atoms with van der Waals surface area (Å²) >= 11 is 0. The Morgan fingerprint density at radius 2 is 1.64 bits per heavy atom. The topological polar surface area (TPSA) is 26.0 Å². The van der Waals surface area contributed by atoms with E-state index in [-0.39, 0.29) is 24.7 Å². The lowest BCUT2D eigenvalue weighted by Crippen LogP contribution is -2.38. The van der Waals surface area contributed by atoms with Crippen molar-refractivity contribution in [2.45, 2.75) is 32.5 Å². The van der Waals surface area contributed by atoms with Crippen molar-refractivity contribution >= 4 is 12.4 Å². The second-order valence-electron chi connectivity index (χ2n) is 2.78. The first-order chi connectivity index (χ1) is 4.34. The zero-order valence-corrected chi connectivity index (χ0v) is 7.30. The first kappa shape index (κ1) is 13.6. The van der Waals surface area contributed by atoms with Crippen molar-refractivity contribution in [2.75, 3.05) is 0 Å². The number of alkyl halides is 3. The molecule has 0 amide bonds. The van der Waals surface area contributed by atoms with Crippen LogP contribution in [0, 0.1) is 5.92 Å². The van der Waals surface area contributed by atoms with Gasteiger partial charge >= 0.3 is 6.18 Å². The van der Waals surface area contributed by atoms with Crippen LogP contribution in [0.15, 0.2) is 0 Å². The van der Waals surface area contributed by atoms with Crippen LogP contribution >= 0.6 is 12.4 Å². The number of hydrogen-bond donors (Lipinski definition) is 1. The standard InChI is InChI=1S/C6H12F3N.ClH/c1-4(2)3-5(10)6(7,8)9;/h4-5H,3,10H2,1-2H3;1H/t5-;/m0./s1. The van der Waals surface area contributed by atoms with Crippen LogP contribution in [0.3, 0.4) is 0 Å². The van der Waals surface area contributed by atoms with Crippen molar-refractivity contribution in [1.29, 1.82) is 0 Å². The summed E-state index contributed by atoms with van der Waals surface area (Å²) in [5, 5.41) is 0. The van der Waals surface area contributed by atoms with E-state index < -0.39 is 12.2 Å². The van der Waals surface area contributed by atoms with E-state index in [2.05, 4.69) is 0 Å². The summed E-state index contributed by atoms with van der Waals surface area (Å²) in [6, 6.07) is -1.66. The van der Waals surface area contributed by atoms with Crippen molar-refractivity contribution in [1.82, 2.24) is 0 Å². The van der Waals surface area contributed by atoms with Gasteiger partial charge in [-0.2, -0.15) is 13.2 Å². The molecule has 0 aromatic heterocycles. The third-order valence-corrected chi connectivity index (χ3v) is 1.15. The summed E-state index contributed by atoms with van der Waals surface area (Å²) in [6.45, 7) is 3.43. The molecule has 0 aliphatic carbocycles. The lowest BCUT2D eigenvalue weighted by molar-refractivity contribution is -0.150. The minimum absolute atomic E-state index is 0. The maximum atomic E-state index is 11.7. The molecule has 0 rings (SSSR count). The van der Waals surface area contributed by atoms with Crippen LogP contribution in [0.5, 0.6) is 0 Å². The minimum atomic E-state index is -4.23. The molecule has 0 aromatic carbocycles. The Morgan fingerprint density at radius 3 is 1.73 bits per heavy atom. The molecule has 11 heavy (non-hydrogen) atoms. The second kappa shape index (κ2) is 4.83. The molecule has 1 atom stereocenters. The number of halogens is 4. The molecule has 1 nitrogen and oxygen atoms in total. The highest BCUT2D eigenvalue weighted by atomic mass is 35.5. The second-order valence-corrected chi connectivity index (χ2v) is 2.78. The smallest absolute Gasteiger partial charge is 0.320 e. The van der Waals surface area contributed by atoms with Gasteiger partial charge in [-0.25, -0.2) is 0 Å². The molecule has 0 fully saturated rings. The Kier molecular flexibility index (Phi) is 5.97. The summed E-state index contributed by atoms with van der Waals surface area (Å²) in [6.07, 6.45) is -4.23. The summed E-state index contributed by atoms with van der Waals surface area (Å²) in [5.41, 5.74) is 4.83. The molecule has 0 aliphatic rings. The molecule has 5 heteroatoms. The largest absolute Gasteiger partial charge is 0.403 e. The minimum Gasteiger partial charge on any atom is -0.320 e. The van der Waals surface area contributed by atoms with Gasteiger partial charge in [-0.1, -0.05) is 13.8 Å². The van der Waals surface area contributed by atoms with Crippen LogP contribution in [0.25, 0.3) is 0 Å². The molecule has 0 saturated heterocycles. The fraction of sp³-hybridized carbons (Fsp3) is 1.00. The molecule has 0 heterocycles. The quantitative estimate of drug-likeness (QED) is 0.713. The fourth-order valence-corrected chi connectivity index (χ4v) is 0.641. The molecule has 0 unspecified atom stereocenters. The van der Waals surface area contributed by atoms with Crippen molar-refractivity contribution in [3.63, 3.8) is 0 Å². The Morgan fingerprint density at radius 1 is 1.27 bits per heavy atom. The predicted octanol–water partition coefficient (Wildman–Crippen LogP) is 2.34. The van der Waals surface area contributed by atoms with Crippen LogP contribution in [-0.4, -0.2) is 12.2 Å². The van der Waals surface area contributed by atoms with Crippen LogP contribution < -0.4 is 5.73 Å². The van der Waals surface area contributed by atoms with Crippen LogP contribution in [0.1, 0.15) is 20.3 Å². The lowest BCUT2D eigenvalue weighted by atomic mass is 10.0. The zero-order valence-electron chi connectivity index (χ0n) is 6.48. The molecule has 0 aromatic rings. The zero-order chi connectivity index (χ0) is 8.36. The Bertz CT molecular complexity index is 102. The van der Waals surface area contributed by atoms with Gasteiger partial charge in [0.05, 0.1) is 0 Å². The monoisotopic (exact) mass is 191 g/mol. The van der Waals surface area contributed by atoms with Crippen molar-refractivity contribution in [2.24, 2.45) is 11.7 Å². The van der Waals surface area contributed by atoms with Crippen LogP contribution in [0.2, 0.25) is 0 Å². The van der Waals surface area contributed by atoms with Crippen molar-refractivity contribution in [3.8, 4) is 0 Å². The van der Waals surface area contributed by atoms with Gasteiger partial charge in [0.2, 0.25) is 0 Å². The van der Waals surface area contributed by atoms with Gasteiger partial charge in [0, 0.05) is 0 Å². The summed E-state index contributed by atoms with van der Waals surface area (Å²) in [5.74, 6) is -0.00313. The molecule has 0 saturated carbocycles. The van der Waals surface area contributed by atoms with Crippen molar-refractivity contribution < 1.29 is 13.2 Å². The average molecular weight is 192 g/mol. The molecular weight excluding hydrogens is 179 g/mol. The molecule has 0 bridgehead atoms. The Labute approximate surface area is 70.6 Å². The molecule has 0 spiro atoms. The normalized spacial score (nSPS) is 14.5. The number of nitrogens with two attached hydrogens (primary N) is 1. The van der Waals surface area contributed by atoms with E-state index in [1.54, 1.807) is 13.8 Å². The van der Waals surface area contributed by atoms with Crippen LogP contribution in [-0.2, 0) is 0 Å². The van der Waals surface area contributed by atoms with E-state index in [1.165, 1.54) is 0 Å². The first-order valence-corrected chi connectivity index (χ1v) is 3.16. The fourth-order valence-electron chi connectivity index (χ4n) is 0.641. The molecule has 2 N–H and O–H groups in total. The van der Waals surface area contributed by atoms with E-state index in [0.717, 1.165) is 0 Å². The molecule has 0 radical (unpaired) electrons. The van der Waals surface area contributed by atoms with Gasteiger partial charge in [0.1, 0.15) is 6.04 Å². The molecule has 70 valence electrons. The van der Waals surface area contributed by atoms with E-state index in [9.17, 15) is 13.2 Å². The van der Waals surface area contributed by atoms with Gasteiger partial charge in [-0.05, 0) is 12.3 Å². The molecular formula is C6H13ClF3N. The van der Waals surface area contributed by atoms with E-state index >= 15 is 0 Å².